The van der Waals surface area contributed by atoms with Crippen LogP contribution in [-0.2, 0) is 20.9 Å². The number of ether oxygens (including phenoxy) is 2. The van der Waals surface area contributed by atoms with Crippen molar-refractivity contribution in [2.24, 2.45) is 11.1 Å². The molecule has 2 aromatic heterocycles. The molecule has 3 heterocycles. The minimum Gasteiger partial charge on any atom is -0.381 e. The molecule has 7 nitrogen and oxygen atoms in total. The number of methoxy groups -OCH3 is 1. The van der Waals surface area contributed by atoms with Crippen LogP contribution in [0.2, 0.25) is 0 Å². The number of benzene rings is 1. The number of aromatic nitrogens is 2. The highest BCUT2D eigenvalue weighted by atomic mass is 32.1. The van der Waals surface area contributed by atoms with Crippen LogP contribution in [-0.4, -0.2) is 42.7 Å². The Morgan fingerprint density at radius 1 is 1.28 bits per heavy atom. The summed E-state index contributed by atoms with van der Waals surface area (Å²) in [6.07, 6.45) is 1.20. The molecule has 0 radical (unpaired) electrons. The van der Waals surface area contributed by atoms with E-state index in [0.717, 1.165) is 21.3 Å². The Labute approximate surface area is 173 Å². The quantitative estimate of drug-likeness (QED) is 0.618. The first-order valence-corrected chi connectivity index (χ1v) is 10.4. The van der Waals surface area contributed by atoms with Crippen LogP contribution < -0.4 is 11.1 Å². The number of amides is 1. The summed E-state index contributed by atoms with van der Waals surface area (Å²) in [4.78, 5) is 22.5. The number of nitrogens with zero attached hydrogens (tertiary/aromatic N) is 2. The number of nitrogens with one attached hydrogen (secondary N) is 1. The Bertz CT molecular complexity index is 1000. The summed E-state index contributed by atoms with van der Waals surface area (Å²) in [7, 11) is 1.62. The number of hydrogen-bond acceptors (Lipinski definition) is 7. The van der Waals surface area contributed by atoms with Crippen LogP contribution in [0.1, 0.15) is 18.7 Å². The molecule has 4 rings (SSSR count). The highest BCUT2D eigenvalue weighted by Crippen LogP contribution is 2.38. The molecule has 29 heavy (non-hydrogen) atoms. The van der Waals surface area contributed by atoms with Crippen LogP contribution in [0.15, 0.2) is 35.7 Å². The summed E-state index contributed by atoms with van der Waals surface area (Å²) in [6, 6.07) is 10.1. The van der Waals surface area contributed by atoms with Gasteiger partial charge in [-0.25, -0.2) is 9.97 Å². The minimum absolute atomic E-state index is 0.302. The summed E-state index contributed by atoms with van der Waals surface area (Å²) in [5.74, 6) is 1.00. The largest absolute Gasteiger partial charge is 0.381 e. The molecular weight excluding hydrogens is 388 g/mol. The fourth-order valence-corrected chi connectivity index (χ4v) is 4.63. The number of anilines is 1. The average Bonchev–Trinajstić information content (AvgIpc) is 3.18. The molecule has 0 aliphatic carbocycles. The molecule has 0 bridgehead atoms. The molecule has 0 spiro atoms. The molecule has 1 aromatic carbocycles. The number of hydrogen-bond donors (Lipinski definition) is 2. The lowest BCUT2D eigenvalue weighted by molar-refractivity contribution is -0.132. The van der Waals surface area contributed by atoms with Gasteiger partial charge in [0.1, 0.15) is 17.3 Å². The number of nitrogens with two attached hydrogens (primary N) is 1. The lowest BCUT2D eigenvalue weighted by Gasteiger charge is -2.34. The van der Waals surface area contributed by atoms with Gasteiger partial charge in [-0.05, 0) is 18.4 Å². The van der Waals surface area contributed by atoms with E-state index in [1.165, 1.54) is 0 Å². The molecular formula is C21H24N4O3S. The van der Waals surface area contributed by atoms with Crippen LogP contribution in [0.3, 0.4) is 0 Å². The van der Waals surface area contributed by atoms with Crippen molar-refractivity contribution in [3.8, 4) is 11.1 Å². The van der Waals surface area contributed by atoms with Crippen LogP contribution in [0.4, 0.5) is 5.82 Å². The van der Waals surface area contributed by atoms with E-state index in [2.05, 4.69) is 27.8 Å². The third-order valence-electron chi connectivity index (χ3n) is 5.40. The van der Waals surface area contributed by atoms with Gasteiger partial charge in [0, 0.05) is 37.8 Å². The predicted molar refractivity (Wildman–Crippen MR) is 114 cm³/mol. The van der Waals surface area contributed by atoms with E-state index < -0.39 is 5.41 Å². The van der Waals surface area contributed by atoms with E-state index in [-0.39, 0.29) is 5.91 Å². The monoisotopic (exact) mass is 412 g/mol. The topological polar surface area (TPSA) is 99.4 Å². The van der Waals surface area contributed by atoms with Crippen molar-refractivity contribution in [2.75, 3.05) is 32.2 Å². The smallest absolute Gasteiger partial charge is 0.225 e. The highest BCUT2D eigenvalue weighted by molar-refractivity contribution is 7.17. The van der Waals surface area contributed by atoms with Gasteiger partial charge in [0.15, 0.2) is 5.82 Å². The van der Waals surface area contributed by atoms with Crippen molar-refractivity contribution < 1.29 is 14.3 Å². The number of carbonyl (C=O) groups is 1. The van der Waals surface area contributed by atoms with Crippen molar-refractivity contribution in [3.63, 3.8) is 0 Å². The number of thiophene rings is 1. The van der Waals surface area contributed by atoms with E-state index in [1.54, 1.807) is 18.4 Å². The minimum atomic E-state index is -0.639. The van der Waals surface area contributed by atoms with Crippen molar-refractivity contribution in [1.82, 2.24) is 9.97 Å². The van der Waals surface area contributed by atoms with E-state index in [9.17, 15) is 4.79 Å². The van der Waals surface area contributed by atoms with E-state index >= 15 is 0 Å². The second-order valence-corrected chi connectivity index (χ2v) is 8.09. The first-order chi connectivity index (χ1) is 14.1. The van der Waals surface area contributed by atoms with Crippen LogP contribution >= 0.6 is 11.3 Å². The van der Waals surface area contributed by atoms with Gasteiger partial charge in [-0.1, -0.05) is 30.3 Å². The van der Waals surface area contributed by atoms with Gasteiger partial charge in [0.25, 0.3) is 0 Å². The van der Waals surface area contributed by atoms with Crippen molar-refractivity contribution in [3.05, 3.63) is 41.5 Å². The van der Waals surface area contributed by atoms with Gasteiger partial charge in [-0.3, -0.25) is 4.79 Å². The fourth-order valence-electron chi connectivity index (χ4n) is 3.66. The zero-order valence-electron chi connectivity index (χ0n) is 16.3. The maximum absolute atomic E-state index is 12.2. The normalized spacial score (nSPS) is 16.0. The summed E-state index contributed by atoms with van der Waals surface area (Å²) in [5.41, 5.74) is 7.30. The van der Waals surface area contributed by atoms with E-state index in [4.69, 9.17) is 20.2 Å². The molecule has 3 aromatic rings. The van der Waals surface area contributed by atoms with Gasteiger partial charge in [0.05, 0.1) is 10.8 Å². The summed E-state index contributed by atoms with van der Waals surface area (Å²) in [6.45, 7) is 1.80. The molecule has 0 saturated carbocycles. The molecule has 1 aliphatic heterocycles. The number of carbonyl (C=O) groups excluding carboxylic acids is 1. The third kappa shape index (κ3) is 3.96. The zero-order valence-corrected chi connectivity index (χ0v) is 17.1. The zero-order chi connectivity index (χ0) is 20.3. The van der Waals surface area contributed by atoms with Crippen molar-refractivity contribution >= 4 is 33.3 Å². The van der Waals surface area contributed by atoms with Crippen LogP contribution in [0.5, 0.6) is 0 Å². The van der Waals surface area contributed by atoms with Crippen LogP contribution in [0, 0.1) is 5.41 Å². The van der Waals surface area contributed by atoms with Gasteiger partial charge in [-0.15, -0.1) is 11.3 Å². The summed E-state index contributed by atoms with van der Waals surface area (Å²) in [5, 5.41) is 6.46. The Morgan fingerprint density at radius 3 is 2.72 bits per heavy atom. The molecule has 3 N–H and O–H groups in total. The van der Waals surface area contributed by atoms with E-state index in [1.807, 2.05) is 18.2 Å². The molecule has 0 unspecified atom stereocenters. The first kappa shape index (κ1) is 19.8. The second kappa shape index (κ2) is 8.44. The van der Waals surface area contributed by atoms with Crippen LogP contribution in [0.25, 0.3) is 21.3 Å². The molecule has 1 fully saturated rings. The van der Waals surface area contributed by atoms with Crippen molar-refractivity contribution in [2.45, 2.75) is 19.4 Å². The Hall–Kier alpha value is -2.55. The number of fused-ring (bicyclic) bond motifs is 1. The fraction of sp³-hybridized carbons (Fsp3) is 0.381. The molecule has 8 heteroatoms. The number of rotatable bonds is 7. The predicted octanol–water partition coefficient (Wildman–Crippen LogP) is 3.20. The SMILES string of the molecule is COCc1nc(NCC2(C(N)=O)CCOCC2)c2c(-c3ccccc3)csc2n1. The van der Waals surface area contributed by atoms with Gasteiger partial charge in [-0.2, -0.15) is 0 Å². The Morgan fingerprint density at radius 2 is 2.03 bits per heavy atom. The molecule has 1 saturated heterocycles. The van der Waals surface area contributed by atoms with Crippen molar-refractivity contribution in [1.29, 1.82) is 0 Å². The third-order valence-corrected chi connectivity index (χ3v) is 6.28. The maximum atomic E-state index is 12.2. The molecule has 0 atom stereocenters. The Balaban J connectivity index is 1.74. The van der Waals surface area contributed by atoms with Gasteiger partial charge in [0.2, 0.25) is 5.91 Å². The summed E-state index contributed by atoms with van der Waals surface area (Å²) < 4.78 is 10.7. The second-order valence-electron chi connectivity index (χ2n) is 7.23. The molecule has 1 amide bonds. The standard InChI is InChI=1S/C21H24N4O3S/c1-27-11-16-24-18(23-13-21(20(22)26)7-9-28-10-8-21)17-15(12-29-19(17)25-16)14-5-3-2-4-6-14/h2-6,12H,7-11,13H2,1H3,(H2,22,26)(H,23,24,25). The molecule has 1 aliphatic rings. The van der Waals surface area contributed by atoms with E-state index in [0.29, 0.717) is 50.8 Å². The number of primary amides is 1. The lowest BCUT2D eigenvalue weighted by atomic mass is 9.79. The van der Waals surface area contributed by atoms with Gasteiger partial charge < -0.3 is 20.5 Å². The lowest BCUT2D eigenvalue weighted by Crippen LogP contribution is -2.46. The average molecular weight is 413 g/mol. The van der Waals surface area contributed by atoms with Gasteiger partial charge >= 0.3 is 0 Å². The summed E-state index contributed by atoms with van der Waals surface area (Å²) >= 11 is 1.57. The first-order valence-electron chi connectivity index (χ1n) is 9.57. The molecule has 152 valence electrons. The Kier molecular flexibility index (Phi) is 5.75. The highest BCUT2D eigenvalue weighted by Gasteiger charge is 2.38. The maximum Gasteiger partial charge on any atom is 0.225 e.